The number of rotatable bonds is 5. The van der Waals surface area contributed by atoms with Crippen molar-refractivity contribution in [3.05, 3.63) is 57.8 Å². The molecule has 110 valence electrons. The van der Waals surface area contributed by atoms with E-state index in [1.165, 1.54) is 31.0 Å². The predicted molar refractivity (Wildman–Crippen MR) is 82.8 cm³/mol. The quantitative estimate of drug-likeness (QED) is 0.818. The van der Waals surface area contributed by atoms with Gasteiger partial charge in [-0.25, -0.2) is 4.39 Å². The minimum atomic E-state index is -0.469. The van der Waals surface area contributed by atoms with Crippen LogP contribution in [0.5, 0.6) is 11.5 Å². The molecule has 0 aromatic heterocycles. The molecule has 0 amide bonds. The zero-order valence-electron chi connectivity index (χ0n) is 11.2. The lowest BCUT2D eigenvalue weighted by molar-refractivity contribution is 0.480. The van der Waals surface area contributed by atoms with Gasteiger partial charge in [0.05, 0.1) is 5.02 Å². The fraction of sp³-hybridized carbons (Fsp3) is 0.250. The molecule has 0 unspecified atom stereocenters. The van der Waals surface area contributed by atoms with Crippen LogP contribution in [0.2, 0.25) is 10.0 Å². The Morgan fingerprint density at radius 2 is 1.71 bits per heavy atom. The minimum Gasteiger partial charge on any atom is -0.457 e. The van der Waals surface area contributed by atoms with Gasteiger partial charge in [0, 0.05) is 23.7 Å². The van der Waals surface area contributed by atoms with E-state index in [1.54, 1.807) is 6.07 Å². The number of nitrogens with one attached hydrogen (secondary N) is 1. The lowest BCUT2D eigenvalue weighted by atomic mass is 10.2. The molecule has 0 bridgehead atoms. The highest BCUT2D eigenvalue weighted by Crippen LogP contribution is 2.29. The molecular formula is C16H14Cl2FNO. The Morgan fingerprint density at radius 3 is 2.33 bits per heavy atom. The molecule has 2 nitrogen and oxygen atoms in total. The van der Waals surface area contributed by atoms with Crippen LogP contribution in [-0.2, 0) is 6.54 Å². The number of benzene rings is 2. The third-order valence-corrected chi connectivity index (χ3v) is 3.95. The first kappa shape index (κ1) is 14.6. The van der Waals surface area contributed by atoms with Crippen LogP contribution in [0.25, 0.3) is 0 Å². The molecule has 0 heterocycles. The summed E-state index contributed by atoms with van der Waals surface area (Å²) in [5.74, 6) is 0.600. The van der Waals surface area contributed by atoms with Gasteiger partial charge < -0.3 is 10.1 Å². The van der Waals surface area contributed by atoms with Gasteiger partial charge in [-0.2, -0.15) is 0 Å². The average Bonchev–Trinajstić information content (AvgIpc) is 3.26. The van der Waals surface area contributed by atoms with E-state index in [1.807, 2.05) is 12.1 Å². The highest BCUT2D eigenvalue weighted by Gasteiger charge is 2.20. The summed E-state index contributed by atoms with van der Waals surface area (Å²) in [5, 5.41) is 4.09. The van der Waals surface area contributed by atoms with Crippen molar-refractivity contribution >= 4 is 23.2 Å². The summed E-state index contributed by atoms with van der Waals surface area (Å²) in [5.41, 5.74) is 1.04. The van der Waals surface area contributed by atoms with E-state index >= 15 is 0 Å². The molecule has 0 atom stereocenters. The summed E-state index contributed by atoms with van der Waals surface area (Å²) in [6, 6.07) is 10.4. The van der Waals surface area contributed by atoms with Crippen LogP contribution in [0, 0.1) is 5.82 Å². The van der Waals surface area contributed by atoms with Gasteiger partial charge in [0.2, 0.25) is 0 Å². The summed E-state index contributed by atoms with van der Waals surface area (Å²) in [7, 11) is 0. The van der Waals surface area contributed by atoms with Gasteiger partial charge in [-0.05, 0) is 42.7 Å². The molecule has 1 aliphatic rings. The average molecular weight is 326 g/mol. The van der Waals surface area contributed by atoms with Crippen LogP contribution in [-0.4, -0.2) is 6.04 Å². The van der Waals surface area contributed by atoms with Gasteiger partial charge in [0.1, 0.15) is 17.3 Å². The van der Waals surface area contributed by atoms with Gasteiger partial charge in [-0.3, -0.25) is 0 Å². The van der Waals surface area contributed by atoms with Crippen LogP contribution in [0.3, 0.4) is 0 Å². The van der Waals surface area contributed by atoms with Crippen LogP contribution < -0.4 is 10.1 Å². The van der Waals surface area contributed by atoms with Crippen molar-refractivity contribution in [2.45, 2.75) is 25.4 Å². The van der Waals surface area contributed by atoms with Crippen molar-refractivity contribution in [1.29, 1.82) is 0 Å². The van der Waals surface area contributed by atoms with Crippen molar-refractivity contribution in [2.24, 2.45) is 0 Å². The van der Waals surface area contributed by atoms with Crippen molar-refractivity contribution in [2.75, 3.05) is 0 Å². The summed E-state index contributed by atoms with van der Waals surface area (Å²) in [4.78, 5) is 0. The summed E-state index contributed by atoms with van der Waals surface area (Å²) >= 11 is 12.0. The van der Waals surface area contributed by atoms with Gasteiger partial charge in [-0.1, -0.05) is 29.3 Å². The second-order valence-electron chi connectivity index (χ2n) is 5.09. The molecule has 2 aromatic rings. The lowest BCUT2D eigenvalue weighted by Crippen LogP contribution is -2.15. The second kappa shape index (κ2) is 6.22. The third kappa shape index (κ3) is 3.88. The maximum Gasteiger partial charge on any atom is 0.142 e. The first-order valence-corrected chi connectivity index (χ1v) is 7.52. The molecule has 0 aliphatic heterocycles. The highest BCUT2D eigenvalue weighted by molar-refractivity contribution is 6.31. The Morgan fingerprint density at radius 1 is 1.05 bits per heavy atom. The van der Waals surface area contributed by atoms with Crippen LogP contribution >= 0.6 is 23.2 Å². The highest BCUT2D eigenvalue weighted by atomic mass is 35.5. The topological polar surface area (TPSA) is 21.3 Å². The largest absolute Gasteiger partial charge is 0.457 e. The molecule has 3 rings (SSSR count). The van der Waals surface area contributed by atoms with E-state index in [0.29, 0.717) is 22.6 Å². The molecule has 0 spiro atoms. The molecule has 5 heteroatoms. The number of hydrogen-bond acceptors (Lipinski definition) is 2. The zero-order valence-corrected chi connectivity index (χ0v) is 12.7. The van der Waals surface area contributed by atoms with Crippen LogP contribution in [0.1, 0.15) is 18.4 Å². The maximum atomic E-state index is 13.1. The fourth-order valence-electron chi connectivity index (χ4n) is 1.95. The van der Waals surface area contributed by atoms with E-state index < -0.39 is 5.82 Å². The molecule has 1 aliphatic carbocycles. The van der Waals surface area contributed by atoms with Crippen LogP contribution in [0.15, 0.2) is 36.4 Å². The molecular weight excluding hydrogens is 312 g/mol. The van der Waals surface area contributed by atoms with Gasteiger partial charge in [0.25, 0.3) is 0 Å². The van der Waals surface area contributed by atoms with E-state index in [0.717, 1.165) is 12.1 Å². The zero-order chi connectivity index (χ0) is 14.8. The molecule has 1 saturated carbocycles. The van der Waals surface area contributed by atoms with Crippen LogP contribution in [0.4, 0.5) is 4.39 Å². The summed E-state index contributed by atoms with van der Waals surface area (Å²) in [6.07, 6.45) is 2.48. The number of ether oxygens (including phenoxy) is 1. The third-order valence-electron chi connectivity index (χ3n) is 3.31. The first-order valence-electron chi connectivity index (χ1n) is 6.76. The molecule has 2 aromatic carbocycles. The Kier molecular flexibility index (Phi) is 4.34. The Bertz CT molecular complexity index is 659. The van der Waals surface area contributed by atoms with E-state index in [-0.39, 0.29) is 5.02 Å². The van der Waals surface area contributed by atoms with Crippen molar-refractivity contribution < 1.29 is 9.13 Å². The van der Waals surface area contributed by atoms with E-state index in [4.69, 9.17) is 27.9 Å². The lowest BCUT2D eigenvalue weighted by Gasteiger charge is -2.10. The predicted octanol–water partition coefficient (Wildman–Crippen LogP) is 5.18. The fourth-order valence-corrected chi connectivity index (χ4v) is 2.36. The molecule has 1 fully saturated rings. The van der Waals surface area contributed by atoms with Crippen molar-refractivity contribution in [3.8, 4) is 11.5 Å². The SMILES string of the molecule is Fc1ccc(Oc2ccc(CNC3CC3)c(Cl)c2)cc1Cl. The number of hydrogen-bond donors (Lipinski definition) is 1. The van der Waals surface area contributed by atoms with Crippen molar-refractivity contribution in [3.63, 3.8) is 0 Å². The van der Waals surface area contributed by atoms with Crippen molar-refractivity contribution in [1.82, 2.24) is 5.32 Å². The summed E-state index contributed by atoms with van der Waals surface area (Å²) in [6.45, 7) is 0.756. The molecule has 0 radical (unpaired) electrons. The first-order chi connectivity index (χ1) is 10.1. The van der Waals surface area contributed by atoms with E-state index in [2.05, 4.69) is 5.32 Å². The smallest absolute Gasteiger partial charge is 0.142 e. The van der Waals surface area contributed by atoms with E-state index in [9.17, 15) is 4.39 Å². The van der Waals surface area contributed by atoms with Gasteiger partial charge in [0.15, 0.2) is 0 Å². The normalized spacial score (nSPS) is 14.2. The molecule has 0 saturated heterocycles. The Hall–Kier alpha value is -1.29. The number of halogens is 3. The Labute approximate surface area is 132 Å². The maximum absolute atomic E-state index is 13.1. The molecule has 21 heavy (non-hydrogen) atoms. The monoisotopic (exact) mass is 325 g/mol. The second-order valence-corrected chi connectivity index (χ2v) is 5.90. The minimum absolute atomic E-state index is 0.0313. The summed E-state index contributed by atoms with van der Waals surface area (Å²) < 4.78 is 18.7. The Balaban J connectivity index is 1.70. The van der Waals surface area contributed by atoms with Gasteiger partial charge in [-0.15, -0.1) is 0 Å². The van der Waals surface area contributed by atoms with Gasteiger partial charge >= 0.3 is 0 Å². The standard InChI is InChI=1S/C16H14Cl2FNO/c17-14-7-12(4-1-10(14)9-20-11-2-3-11)21-13-5-6-16(19)15(18)8-13/h1,4-8,11,20H,2-3,9H2. The molecule has 1 N–H and O–H groups in total.